The minimum Gasteiger partial charge on any atom is -0.482 e. The van der Waals surface area contributed by atoms with Gasteiger partial charge in [0, 0.05) is 6.42 Å². The van der Waals surface area contributed by atoms with Crippen LogP contribution < -0.4 is 4.74 Å². The van der Waals surface area contributed by atoms with E-state index in [4.69, 9.17) is 9.26 Å². The summed E-state index contributed by atoms with van der Waals surface area (Å²) in [6.07, 6.45) is 1.58. The molecule has 0 N–H and O–H groups in total. The molecule has 4 nitrogen and oxygen atoms in total. The molecule has 0 radical (unpaired) electrons. The SMILES string of the molecule is CCC(Br)c1nc(C2Cc3ccccc3O2)no1. The molecule has 0 aliphatic carbocycles. The zero-order chi connectivity index (χ0) is 12.5. The summed E-state index contributed by atoms with van der Waals surface area (Å²) in [6, 6.07) is 8.01. The van der Waals surface area contributed by atoms with E-state index in [1.54, 1.807) is 0 Å². The van der Waals surface area contributed by atoms with E-state index in [1.165, 1.54) is 5.56 Å². The number of hydrogen-bond donors (Lipinski definition) is 0. The number of fused-ring (bicyclic) bond motifs is 1. The maximum absolute atomic E-state index is 5.82. The van der Waals surface area contributed by atoms with E-state index in [0.717, 1.165) is 18.6 Å². The van der Waals surface area contributed by atoms with Crippen molar-refractivity contribution in [3.8, 4) is 5.75 Å². The molecule has 0 saturated heterocycles. The van der Waals surface area contributed by atoms with Crippen molar-refractivity contribution >= 4 is 15.9 Å². The fourth-order valence-corrected chi connectivity index (χ4v) is 2.19. The van der Waals surface area contributed by atoms with Gasteiger partial charge in [0.25, 0.3) is 0 Å². The van der Waals surface area contributed by atoms with Crippen LogP contribution in [-0.2, 0) is 6.42 Å². The summed E-state index contributed by atoms with van der Waals surface area (Å²) in [4.78, 5) is 4.51. The molecular formula is C13H13BrN2O2. The zero-order valence-corrected chi connectivity index (χ0v) is 11.6. The quantitative estimate of drug-likeness (QED) is 0.813. The van der Waals surface area contributed by atoms with E-state index < -0.39 is 0 Å². The van der Waals surface area contributed by atoms with Gasteiger partial charge in [-0.05, 0) is 18.1 Å². The highest BCUT2D eigenvalue weighted by molar-refractivity contribution is 9.09. The Kier molecular flexibility index (Phi) is 3.07. The molecule has 2 atom stereocenters. The van der Waals surface area contributed by atoms with Crippen LogP contribution in [0.2, 0.25) is 0 Å². The highest BCUT2D eigenvalue weighted by atomic mass is 79.9. The van der Waals surface area contributed by atoms with E-state index in [1.807, 2.05) is 18.2 Å². The van der Waals surface area contributed by atoms with Crippen LogP contribution in [0.15, 0.2) is 28.8 Å². The summed E-state index contributed by atoms with van der Waals surface area (Å²) in [7, 11) is 0. The summed E-state index contributed by atoms with van der Waals surface area (Å²) in [5.41, 5.74) is 1.19. The summed E-state index contributed by atoms with van der Waals surface area (Å²) in [5.74, 6) is 2.16. The lowest BCUT2D eigenvalue weighted by molar-refractivity contribution is 0.221. The summed E-state index contributed by atoms with van der Waals surface area (Å²) in [5, 5.41) is 4.01. The van der Waals surface area contributed by atoms with Gasteiger partial charge < -0.3 is 9.26 Å². The molecule has 2 aromatic rings. The van der Waals surface area contributed by atoms with Gasteiger partial charge in [0.2, 0.25) is 11.7 Å². The third kappa shape index (κ3) is 2.03. The highest BCUT2D eigenvalue weighted by Crippen LogP contribution is 2.36. The van der Waals surface area contributed by atoms with Crippen LogP contribution in [0, 0.1) is 0 Å². The number of hydrogen-bond acceptors (Lipinski definition) is 4. The number of benzene rings is 1. The first-order valence-electron chi connectivity index (χ1n) is 6.00. The van der Waals surface area contributed by atoms with Crippen molar-refractivity contribution in [1.82, 2.24) is 10.1 Å². The van der Waals surface area contributed by atoms with E-state index >= 15 is 0 Å². The van der Waals surface area contributed by atoms with Crippen LogP contribution in [0.3, 0.4) is 0 Å². The minimum absolute atomic E-state index is 0.113. The Labute approximate surface area is 113 Å². The normalized spacial score (nSPS) is 19.3. The maximum atomic E-state index is 5.82. The fourth-order valence-electron chi connectivity index (χ4n) is 2.01. The van der Waals surface area contributed by atoms with E-state index in [-0.39, 0.29) is 10.9 Å². The number of para-hydroxylation sites is 1. The number of nitrogens with zero attached hydrogens (tertiary/aromatic N) is 2. The molecule has 94 valence electrons. The van der Waals surface area contributed by atoms with Gasteiger partial charge in [-0.15, -0.1) is 0 Å². The van der Waals surface area contributed by atoms with Gasteiger partial charge in [-0.3, -0.25) is 0 Å². The highest BCUT2D eigenvalue weighted by Gasteiger charge is 2.28. The standard InChI is InChI=1S/C13H13BrN2O2/c1-2-9(14)13-15-12(16-18-13)11-7-8-5-3-4-6-10(8)17-11/h3-6,9,11H,2,7H2,1H3. The third-order valence-electron chi connectivity index (χ3n) is 3.02. The van der Waals surface area contributed by atoms with E-state index in [2.05, 4.69) is 39.1 Å². The minimum atomic E-state index is -0.128. The van der Waals surface area contributed by atoms with Crippen LogP contribution in [0.5, 0.6) is 5.75 Å². The number of halogens is 1. The summed E-state index contributed by atoms with van der Waals surface area (Å²) in [6.45, 7) is 2.06. The molecule has 1 aliphatic rings. The van der Waals surface area contributed by atoms with E-state index in [0.29, 0.717) is 11.7 Å². The second-order valence-corrected chi connectivity index (χ2v) is 5.39. The predicted molar refractivity (Wildman–Crippen MR) is 69.8 cm³/mol. The Balaban J connectivity index is 1.80. The lowest BCUT2D eigenvalue weighted by atomic mass is 10.1. The Bertz CT molecular complexity index is 530. The van der Waals surface area contributed by atoms with Gasteiger partial charge in [0.05, 0.1) is 4.83 Å². The molecule has 0 bridgehead atoms. The van der Waals surface area contributed by atoms with Gasteiger partial charge in [0.15, 0.2) is 6.10 Å². The average Bonchev–Trinajstić information content (AvgIpc) is 3.03. The second-order valence-electron chi connectivity index (χ2n) is 4.28. The molecule has 2 heterocycles. The largest absolute Gasteiger partial charge is 0.482 e. The molecule has 0 spiro atoms. The summed E-state index contributed by atoms with van der Waals surface area (Å²) < 4.78 is 11.1. The first-order valence-corrected chi connectivity index (χ1v) is 6.91. The van der Waals surface area contributed by atoms with Gasteiger partial charge in [-0.1, -0.05) is 46.2 Å². The van der Waals surface area contributed by atoms with Crippen molar-refractivity contribution < 1.29 is 9.26 Å². The Hall–Kier alpha value is -1.36. The zero-order valence-electron chi connectivity index (χ0n) is 9.97. The molecule has 3 rings (SSSR count). The van der Waals surface area contributed by atoms with E-state index in [9.17, 15) is 0 Å². The van der Waals surface area contributed by atoms with Crippen molar-refractivity contribution in [3.05, 3.63) is 41.5 Å². The lowest BCUT2D eigenvalue weighted by Gasteiger charge is -2.04. The predicted octanol–water partition coefficient (Wildman–Crippen LogP) is 3.59. The van der Waals surface area contributed by atoms with Gasteiger partial charge in [-0.25, -0.2) is 0 Å². The van der Waals surface area contributed by atoms with Gasteiger partial charge >= 0.3 is 0 Å². The fraction of sp³-hybridized carbons (Fsp3) is 0.385. The van der Waals surface area contributed by atoms with Crippen LogP contribution in [-0.4, -0.2) is 10.1 Å². The molecule has 1 aliphatic heterocycles. The number of rotatable bonds is 3. The Morgan fingerprint density at radius 3 is 3.06 bits per heavy atom. The van der Waals surface area contributed by atoms with Crippen molar-refractivity contribution in [1.29, 1.82) is 0 Å². The van der Waals surface area contributed by atoms with Gasteiger partial charge in [-0.2, -0.15) is 4.98 Å². The first-order chi connectivity index (χ1) is 8.78. The monoisotopic (exact) mass is 308 g/mol. The summed E-state index contributed by atoms with van der Waals surface area (Å²) >= 11 is 3.50. The molecule has 0 fully saturated rings. The molecular weight excluding hydrogens is 296 g/mol. The number of aromatic nitrogens is 2. The molecule has 1 aromatic carbocycles. The topological polar surface area (TPSA) is 48.2 Å². The number of ether oxygens (including phenoxy) is 1. The average molecular weight is 309 g/mol. The second kappa shape index (κ2) is 4.72. The van der Waals surface area contributed by atoms with Gasteiger partial charge in [0.1, 0.15) is 5.75 Å². The van der Waals surface area contributed by atoms with Crippen LogP contribution in [0.25, 0.3) is 0 Å². The molecule has 1 aromatic heterocycles. The molecule has 5 heteroatoms. The molecule has 0 saturated carbocycles. The molecule has 0 amide bonds. The van der Waals surface area contributed by atoms with Crippen LogP contribution in [0.4, 0.5) is 0 Å². The lowest BCUT2D eigenvalue weighted by Crippen LogP contribution is -2.05. The van der Waals surface area contributed by atoms with Crippen molar-refractivity contribution in [2.75, 3.05) is 0 Å². The van der Waals surface area contributed by atoms with Crippen molar-refractivity contribution in [3.63, 3.8) is 0 Å². The number of alkyl halides is 1. The third-order valence-corrected chi connectivity index (χ3v) is 4.06. The van der Waals surface area contributed by atoms with Crippen molar-refractivity contribution in [2.45, 2.75) is 30.7 Å². The Morgan fingerprint density at radius 2 is 2.28 bits per heavy atom. The maximum Gasteiger partial charge on any atom is 0.240 e. The van der Waals surface area contributed by atoms with Crippen LogP contribution >= 0.6 is 15.9 Å². The van der Waals surface area contributed by atoms with Crippen molar-refractivity contribution in [2.24, 2.45) is 0 Å². The molecule has 2 unspecified atom stereocenters. The smallest absolute Gasteiger partial charge is 0.240 e. The van der Waals surface area contributed by atoms with Crippen LogP contribution in [0.1, 0.15) is 41.6 Å². The molecule has 18 heavy (non-hydrogen) atoms. The Morgan fingerprint density at radius 1 is 1.44 bits per heavy atom. The first kappa shape index (κ1) is 11.7.